The standard InChI is InChI=1S/C17H22BrN3O2.ClH/c1-10-7-13(18)8-14(15(10)19)20-16(22)12-3-2-6-21(9-12)17(23)11-4-5-11;/h7-8,11-12H,2-6,9,19H2,1H3,(H,20,22);1H. The molecule has 2 fully saturated rings. The fraction of sp³-hybridized carbons (Fsp3) is 0.529. The number of piperidine rings is 1. The van der Waals surface area contributed by atoms with Crippen molar-refractivity contribution in [1.82, 2.24) is 4.90 Å². The van der Waals surface area contributed by atoms with Crippen LogP contribution < -0.4 is 11.1 Å². The quantitative estimate of drug-likeness (QED) is 0.742. The number of amides is 2. The van der Waals surface area contributed by atoms with Crippen molar-refractivity contribution in [3.8, 4) is 0 Å². The molecule has 0 radical (unpaired) electrons. The van der Waals surface area contributed by atoms with E-state index in [1.807, 2.05) is 24.0 Å². The number of carbonyl (C=O) groups excluding carboxylic acids is 2. The number of likely N-dealkylation sites (tertiary alicyclic amines) is 1. The number of carbonyl (C=O) groups is 2. The number of nitrogen functional groups attached to an aromatic ring is 1. The van der Waals surface area contributed by atoms with Gasteiger partial charge in [-0.3, -0.25) is 9.59 Å². The molecule has 1 aliphatic heterocycles. The summed E-state index contributed by atoms with van der Waals surface area (Å²) in [5, 5.41) is 2.93. The highest BCUT2D eigenvalue weighted by Gasteiger charge is 2.36. The highest BCUT2D eigenvalue weighted by Crippen LogP contribution is 2.33. The van der Waals surface area contributed by atoms with Crippen LogP contribution in [0, 0.1) is 18.8 Å². The SMILES string of the molecule is Cc1cc(Br)cc(NC(=O)C2CCCN(C(=O)C3CC3)C2)c1N.Cl. The van der Waals surface area contributed by atoms with E-state index in [1.54, 1.807) is 0 Å². The van der Waals surface area contributed by atoms with Crippen molar-refractivity contribution in [3.63, 3.8) is 0 Å². The van der Waals surface area contributed by atoms with E-state index in [4.69, 9.17) is 5.73 Å². The van der Waals surface area contributed by atoms with Crippen LogP contribution in [0.15, 0.2) is 16.6 Å². The number of rotatable bonds is 3. The van der Waals surface area contributed by atoms with Crippen LogP contribution in [0.3, 0.4) is 0 Å². The van der Waals surface area contributed by atoms with Gasteiger partial charge in [0, 0.05) is 23.5 Å². The Balaban J connectivity index is 0.00000208. The lowest BCUT2D eigenvalue weighted by Gasteiger charge is -2.32. The molecule has 1 heterocycles. The first-order chi connectivity index (χ1) is 11.0. The van der Waals surface area contributed by atoms with E-state index in [1.165, 1.54) is 0 Å². The van der Waals surface area contributed by atoms with E-state index in [9.17, 15) is 9.59 Å². The summed E-state index contributed by atoms with van der Waals surface area (Å²) in [6.45, 7) is 3.21. The number of nitrogens with two attached hydrogens (primary N) is 1. The first kappa shape index (κ1) is 19.1. The Morgan fingerprint density at radius 2 is 1.96 bits per heavy atom. The van der Waals surface area contributed by atoms with Gasteiger partial charge in [-0.25, -0.2) is 0 Å². The van der Waals surface area contributed by atoms with Crippen molar-refractivity contribution in [1.29, 1.82) is 0 Å². The zero-order valence-electron chi connectivity index (χ0n) is 13.7. The third kappa shape index (κ3) is 4.22. The van der Waals surface area contributed by atoms with Crippen molar-refractivity contribution >= 4 is 51.5 Å². The molecule has 2 amide bonds. The molecule has 2 aliphatic rings. The summed E-state index contributed by atoms with van der Waals surface area (Å²) >= 11 is 3.42. The van der Waals surface area contributed by atoms with Crippen molar-refractivity contribution in [2.75, 3.05) is 24.1 Å². The van der Waals surface area contributed by atoms with Gasteiger partial charge in [-0.1, -0.05) is 15.9 Å². The Hall–Kier alpha value is -1.27. The molecule has 5 nitrogen and oxygen atoms in total. The third-order valence-electron chi connectivity index (χ3n) is 4.64. The van der Waals surface area contributed by atoms with E-state index >= 15 is 0 Å². The maximum absolute atomic E-state index is 12.6. The largest absolute Gasteiger partial charge is 0.397 e. The van der Waals surface area contributed by atoms with Crippen LogP contribution in [-0.4, -0.2) is 29.8 Å². The molecule has 0 spiro atoms. The van der Waals surface area contributed by atoms with Gasteiger partial charge in [0.25, 0.3) is 0 Å². The molecule has 1 atom stereocenters. The predicted octanol–water partition coefficient (Wildman–Crippen LogP) is 3.35. The molecule has 0 aromatic heterocycles. The Bertz CT molecular complexity index is 649. The molecule has 1 unspecified atom stereocenters. The van der Waals surface area contributed by atoms with E-state index in [-0.39, 0.29) is 36.1 Å². The number of benzene rings is 1. The monoisotopic (exact) mass is 415 g/mol. The average Bonchev–Trinajstić information content (AvgIpc) is 3.36. The average molecular weight is 417 g/mol. The van der Waals surface area contributed by atoms with Gasteiger partial charge in [-0.2, -0.15) is 0 Å². The van der Waals surface area contributed by atoms with Crippen molar-refractivity contribution in [2.45, 2.75) is 32.6 Å². The number of halogens is 2. The second kappa shape index (κ2) is 7.74. The van der Waals surface area contributed by atoms with Crippen LogP contribution in [0.25, 0.3) is 0 Å². The Morgan fingerprint density at radius 3 is 2.62 bits per heavy atom. The molecule has 1 aromatic carbocycles. The molecule has 1 saturated heterocycles. The molecule has 24 heavy (non-hydrogen) atoms. The summed E-state index contributed by atoms with van der Waals surface area (Å²) < 4.78 is 0.883. The van der Waals surface area contributed by atoms with Crippen molar-refractivity contribution in [3.05, 3.63) is 22.2 Å². The lowest BCUT2D eigenvalue weighted by atomic mass is 9.96. The van der Waals surface area contributed by atoms with Gasteiger partial charge < -0.3 is 16.0 Å². The predicted molar refractivity (Wildman–Crippen MR) is 101 cm³/mol. The first-order valence-electron chi connectivity index (χ1n) is 8.11. The lowest BCUT2D eigenvalue weighted by molar-refractivity contribution is -0.135. The van der Waals surface area contributed by atoms with Gasteiger partial charge in [-0.15, -0.1) is 12.4 Å². The van der Waals surface area contributed by atoms with Gasteiger partial charge in [0.1, 0.15) is 0 Å². The second-order valence-electron chi connectivity index (χ2n) is 6.57. The van der Waals surface area contributed by atoms with Gasteiger partial charge in [0.2, 0.25) is 11.8 Å². The van der Waals surface area contributed by atoms with Crippen LogP contribution >= 0.6 is 28.3 Å². The summed E-state index contributed by atoms with van der Waals surface area (Å²) in [6, 6.07) is 3.73. The summed E-state index contributed by atoms with van der Waals surface area (Å²) in [5.74, 6) is 0.216. The normalized spacial score (nSPS) is 20.2. The third-order valence-corrected chi connectivity index (χ3v) is 5.10. The van der Waals surface area contributed by atoms with Crippen LogP contribution in [0.5, 0.6) is 0 Å². The topological polar surface area (TPSA) is 75.4 Å². The second-order valence-corrected chi connectivity index (χ2v) is 7.49. The van der Waals surface area contributed by atoms with Crippen LogP contribution in [0.1, 0.15) is 31.2 Å². The van der Waals surface area contributed by atoms with Crippen LogP contribution in [0.2, 0.25) is 0 Å². The summed E-state index contributed by atoms with van der Waals surface area (Å²) in [6.07, 6.45) is 3.69. The Kier molecular flexibility index (Phi) is 6.15. The minimum absolute atomic E-state index is 0. The smallest absolute Gasteiger partial charge is 0.229 e. The first-order valence-corrected chi connectivity index (χ1v) is 8.90. The van der Waals surface area contributed by atoms with Gasteiger partial charge in [0.05, 0.1) is 17.3 Å². The number of hydrogen-bond donors (Lipinski definition) is 2. The zero-order valence-corrected chi connectivity index (χ0v) is 16.1. The number of nitrogens with zero attached hydrogens (tertiary/aromatic N) is 1. The minimum Gasteiger partial charge on any atom is -0.397 e. The summed E-state index contributed by atoms with van der Waals surface area (Å²) in [5.41, 5.74) is 8.19. The highest BCUT2D eigenvalue weighted by molar-refractivity contribution is 9.10. The van der Waals surface area contributed by atoms with E-state index in [2.05, 4.69) is 21.2 Å². The van der Waals surface area contributed by atoms with Crippen molar-refractivity contribution < 1.29 is 9.59 Å². The fourth-order valence-corrected chi connectivity index (χ4v) is 3.64. The molecule has 7 heteroatoms. The molecule has 1 aromatic rings. The molecular formula is C17H23BrClN3O2. The molecule has 3 rings (SSSR count). The van der Waals surface area contributed by atoms with E-state index < -0.39 is 0 Å². The number of aryl methyl sites for hydroxylation is 1. The van der Waals surface area contributed by atoms with Crippen LogP contribution in [-0.2, 0) is 9.59 Å². The van der Waals surface area contributed by atoms with Crippen molar-refractivity contribution in [2.24, 2.45) is 11.8 Å². The van der Waals surface area contributed by atoms with Gasteiger partial charge in [0.15, 0.2) is 0 Å². The van der Waals surface area contributed by atoms with Gasteiger partial charge >= 0.3 is 0 Å². The number of anilines is 2. The number of nitrogens with one attached hydrogen (secondary N) is 1. The Labute approximate surface area is 156 Å². The van der Waals surface area contributed by atoms with E-state index in [0.29, 0.717) is 17.9 Å². The maximum atomic E-state index is 12.6. The molecular weight excluding hydrogens is 394 g/mol. The van der Waals surface area contributed by atoms with E-state index in [0.717, 1.165) is 42.3 Å². The minimum atomic E-state index is -0.162. The fourth-order valence-electron chi connectivity index (χ4n) is 3.07. The number of hydrogen-bond acceptors (Lipinski definition) is 3. The molecule has 1 aliphatic carbocycles. The maximum Gasteiger partial charge on any atom is 0.229 e. The summed E-state index contributed by atoms with van der Waals surface area (Å²) in [7, 11) is 0. The summed E-state index contributed by atoms with van der Waals surface area (Å²) in [4.78, 5) is 26.6. The molecule has 132 valence electrons. The Morgan fingerprint density at radius 1 is 1.25 bits per heavy atom. The zero-order chi connectivity index (χ0) is 16.6. The molecule has 0 bridgehead atoms. The molecule has 1 saturated carbocycles. The lowest BCUT2D eigenvalue weighted by Crippen LogP contribution is -2.44. The highest BCUT2D eigenvalue weighted by atomic mass is 79.9. The molecule has 3 N–H and O–H groups in total. The van der Waals surface area contributed by atoms with Crippen LogP contribution in [0.4, 0.5) is 11.4 Å². The van der Waals surface area contributed by atoms with Gasteiger partial charge in [-0.05, 0) is 50.3 Å².